The summed E-state index contributed by atoms with van der Waals surface area (Å²) in [6.07, 6.45) is 1.13. The molecule has 14 heavy (non-hydrogen) atoms. The quantitative estimate of drug-likeness (QED) is 0.600. The van der Waals surface area contributed by atoms with Crippen molar-refractivity contribution >= 4 is 5.97 Å². The van der Waals surface area contributed by atoms with Crippen molar-refractivity contribution in [3.8, 4) is 0 Å². The highest BCUT2D eigenvalue weighted by Gasteiger charge is 2.42. The van der Waals surface area contributed by atoms with Gasteiger partial charge in [0.15, 0.2) is 0 Å². The van der Waals surface area contributed by atoms with E-state index in [2.05, 4.69) is 0 Å². The minimum Gasteiger partial charge on any atom is -0.468 e. The molecule has 1 fully saturated rings. The van der Waals surface area contributed by atoms with Crippen LogP contribution in [0.4, 0.5) is 4.39 Å². The van der Waals surface area contributed by atoms with Gasteiger partial charge in [-0.05, 0) is 26.0 Å². The highest BCUT2D eigenvalue weighted by atomic mass is 19.1. The van der Waals surface area contributed by atoms with E-state index in [1.165, 1.54) is 7.11 Å². The third kappa shape index (κ3) is 1.80. The molecule has 1 aliphatic heterocycles. The van der Waals surface area contributed by atoms with Crippen molar-refractivity contribution in [2.75, 3.05) is 27.2 Å². The lowest BCUT2D eigenvalue weighted by atomic mass is 9.78. The van der Waals surface area contributed by atoms with Gasteiger partial charge in [-0.3, -0.25) is 4.79 Å². The molecule has 0 radical (unpaired) electrons. The summed E-state index contributed by atoms with van der Waals surface area (Å²) >= 11 is 0. The van der Waals surface area contributed by atoms with Crippen LogP contribution in [0.2, 0.25) is 0 Å². The number of hydrogen-bond acceptors (Lipinski definition) is 3. The minimum absolute atomic E-state index is 0.368. The van der Waals surface area contributed by atoms with E-state index in [1.807, 2.05) is 11.9 Å². The number of carbonyl (C=O) groups is 1. The maximum atomic E-state index is 12.6. The van der Waals surface area contributed by atoms with E-state index in [0.717, 1.165) is 6.54 Å². The molecule has 0 aromatic carbocycles. The zero-order chi connectivity index (χ0) is 10.8. The van der Waals surface area contributed by atoms with Gasteiger partial charge in [0, 0.05) is 13.1 Å². The Morgan fingerprint density at radius 1 is 1.71 bits per heavy atom. The smallest absolute Gasteiger partial charge is 0.317 e. The van der Waals surface area contributed by atoms with Crippen LogP contribution in [0.5, 0.6) is 0 Å². The standard InChI is InChI=1S/C10H16FNO2/c1-10(9(13)14-3)7-12(2)5-4-8(10)6-11/h6H,4-5,7H2,1-3H3/b8-6+. The van der Waals surface area contributed by atoms with Crippen molar-refractivity contribution in [1.82, 2.24) is 4.90 Å². The Morgan fingerprint density at radius 3 is 2.86 bits per heavy atom. The zero-order valence-electron chi connectivity index (χ0n) is 8.84. The highest BCUT2D eigenvalue weighted by molar-refractivity contribution is 5.80. The third-order valence-corrected chi connectivity index (χ3v) is 2.83. The summed E-state index contributed by atoms with van der Waals surface area (Å²) in [6, 6.07) is 0. The number of piperidine rings is 1. The fourth-order valence-corrected chi connectivity index (χ4v) is 1.90. The van der Waals surface area contributed by atoms with Crippen molar-refractivity contribution in [3.63, 3.8) is 0 Å². The fourth-order valence-electron chi connectivity index (χ4n) is 1.90. The van der Waals surface area contributed by atoms with Crippen molar-refractivity contribution in [2.24, 2.45) is 5.41 Å². The van der Waals surface area contributed by atoms with Gasteiger partial charge in [-0.2, -0.15) is 0 Å². The van der Waals surface area contributed by atoms with Crippen molar-refractivity contribution in [3.05, 3.63) is 11.9 Å². The van der Waals surface area contributed by atoms with Crippen molar-refractivity contribution in [2.45, 2.75) is 13.3 Å². The largest absolute Gasteiger partial charge is 0.468 e. The van der Waals surface area contributed by atoms with Crippen LogP contribution in [0.25, 0.3) is 0 Å². The number of carbonyl (C=O) groups excluding carboxylic acids is 1. The first kappa shape index (κ1) is 11.2. The normalized spacial score (nSPS) is 31.9. The maximum absolute atomic E-state index is 12.6. The Hall–Kier alpha value is -0.900. The molecule has 0 N–H and O–H groups in total. The van der Waals surface area contributed by atoms with Gasteiger partial charge in [-0.25, -0.2) is 4.39 Å². The summed E-state index contributed by atoms with van der Waals surface area (Å²) in [6.45, 7) is 3.01. The number of methoxy groups -OCH3 is 1. The number of likely N-dealkylation sites (tertiary alicyclic amines) is 1. The van der Waals surface area contributed by atoms with Crippen LogP contribution in [0.1, 0.15) is 13.3 Å². The average molecular weight is 201 g/mol. The molecule has 0 spiro atoms. The second kappa shape index (κ2) is 4.09. The van der Waals surface area contributed by atoms with Crippen LogP contribution in [-0.4, -0.2) is 38.1 Å². The number of rotatable bonds is 1. The zero-order valence-corrected chi connectivity index (χ0v) is 8.84. The SMILES string of the molecule is COC(=O)C1(C)CN(C)CC/C1=C\F. The van der Waals surface area contributed by atoms with Gasteiger partial charge in [-0.15, -0.1) is 0 Å². The van der Waals surface area contributed by atoms with Crippen LogP contribution in [0.3, 0.4) is 0 Å². The molecule has 3 nitrogen and oxygen atoms in total. The predicted octanol–water partition coefficient (Wildman–Crippen LogP) is 1.35. The average Bonchev–Trinajstić information content (AvgIpc) is 2.16. The van der Waals surface area contributed by atoms with Crippen LogP contribution < -0.4 is 0 Å². The second-order valence-electron chi connectivity index (χ2n) is 3.95. The molecule has 0 aromatic rings. The lowest BCUT2D eigenvalue weighted by Crippen LogP contribution is -2.46. The Bertz CT molecular complexity index is 265. The minimum atomic E-state index is -0.823. The van der Waals surface area contributed by atoms with Crippen LogP contribution in [0, 0.1) is 5.41 Å². The summed E-state index contributed by atoms with van der Waals surface area (Å²) in [5.41, 5.74) is -0.293. The summed E-state index contributed by atoms with van der Waals surface area (Å²) < 4.78 is 17.3. The number of nitrogens with zero attached hydrogens (tertiary/aromatic N) is 1. The van der Waals surface area contributed by atoms with Gasteiger partial charge >= 0.3 is 5.97 Å². The predicted molar refractivity (Wildman–Crippen MR) is 51.4 cm³/mol. The maximum Gasteiger partial charge on any atom is 0.317 e. The molecule has 80 valence electrons. The molecule has 1 unspecified atom stereocenters. The van der Waals surface area contributed by atoms with Gasteiger partial charge in [-0.1, -0.05) is 0 Å². The van der Waals surface area contributed by atoms with E-state index in [0.29, 0.717) is 24.9 Å². The van der Waals surface area contributed by atoms with Gasteiger partial charge in [0.25, 0.3) is 0 Å². The van der Waals surface area contributed by atoms with E-state index in [9.17, 15) is 9.18 Å². The highest BCUT2D eigenvalue weighted by Crippen LogP contribution is 2.35. The molecule has 1 aliphatic rings. The summed E-state index contributed by atoms with van der Waals surface area (Å²) in [5.74, 6) is -0.368. The first-order valence-corrected chi connectivity index (χ1v) is 4.61. The van der Waals surface area contributed by atoms with Gasteiger partial charge < -0.3 is 9.64 Å². The number of esters is 1. The van der Waals surface area contributed by atoms with E-state index < -0.39 is 5.41 Å². The molecular formula is C10H16FNO2. The third-order valence-electron chi connectivity index (χ3n) is 2.83. The molecule has 0 amide bonds. The fraction of sp³-hybridized carbons (Fsp3) is 0.700. The van der Waals surface area contributed by atoms with Gasteiger partial charge in [0.2, 0.25) is 0 Å². The molecule has 1 heterocycles. The van der Waals surface area contributed by atoms with Crippen molar-refractivity contribution < 1.29 is 13.9 Å². The molecule has 0 bridgehead atoms. The van der Waals surface area contributed by atoms with Crippen LogP contribution in [-0.2, 0) is 9.53 Å². The second-order valence-corrected chi connectivity index (χ2v) is 3.95. The van der Waals surface area contributed by atoms with Crippen LogP contribution >= 0.6 is 0 Å². The monoisotopic (exact) mass is 201 g/mol. The molecule has 4 heteroatoms. The van der Waals surface area contributed by atoms with Gasteiger partial charge in [0.05, 0.1) is 13.4 Å². The molecule has 0 aromatic heterocycles. The molecule has 1 atom stereocenters. The number of halogens is 1. The molecule has 1 rings (SSSR count). The Morgan fingerprint density at radius 2 is 2.36 bits per heavy atom. The van der Waals surface area contributed by atoms with E-state index in [4.69, 9.17) is 4.74 Å². The van der Waals surface area contributed by atoms with E-state index >= 15 is 0 Å². The van der Waals surface area contributed by atoms with E-state index in [1.54, 1.807) is 6.92 Å². The van der Waals surface area contributed by atoms with Crippen molar-refractivity contribution in [1.29, 1.82) is 0 Å². The lowest BCUT2D eigenvalue weighted by Gasteiger charge is -2.38. The first-order valence-electron chi connectivity index (χ1n) is 4.61. The molecule has 0 aliphatic carbocycles. The Balaban J connectivity index is 2.95. The number of ether oxygens (including phenoxy) is 1. The van der Waals surface area contributed by atoms with E-state index in [-0.39, 0.29) is 5.97 Å². The summed E-state index contributed by atoms with van der Waals surface area (Å²) in [5, 5.41) is 0. The molecule has 0 saturated carbocycles. The topological polar surface area (TPSA) is 29.5 Å². The summed E-state index contributed by atoms with van der Waals surface area (Å²) in [4.78, 5) is 13.6. The van der Waals surface area contributed by atoms with Crippen LogP contribution in [0.15, 0.2) is 11.9 Å². The van der Waals surface area contributed by atoms with Gasteiger partial charge in [0.1, 0.15) is 5.41 Å². The lowest BCUT2D eigenvalue weighted by molar-refractivity contribution is -0.151. The molecular weight excluding hydrogens is 185 g/mol. The summed E-state index contributed by atoms with van der Waals surface area (Å²) in [7, 11) is 3.24. The first-order chi connectivity index (χ1) is 6.54. The Kier molecular flexibility index (Phi) is 3.26. The molecule has 1 saturated heterocycles. The number of hydrogen-bond donors (Lipinski definition) is 0. The Labute approximate surface area is 83.5 Å².